The van der Waals surface area contributed by atoms with Crippen molar-refractivity contribution < 1.29 is 33.9 Å². The van der Waals surface area contributed by atoms with Crippen LogP contribution in [0.3, 0.4) is 0 Å². The van der Waals surface area contributed by atoms with Crippen molar-refractivity contribution in [1.29, 1.82) is 0 Å². The lowest BCUT2D eigenvalue weighted by molar-refractivity contribution is -0.143. The van der Waals surface area contributed by atoms with E-state index in [4.69, 9.17) is 22.9 Å². The van der Waals surface area contributed by atoms with E-state index in [1.807, 2.05) is 45.0 Å². The van der Waals surface area contributed by atoms with Crippen molar-refractivity contribution in [3.05, 3.63) is 36.0 Å². The minimum absolute atomic E-state index is 0.0177. The molecule has 1 aromatic carbocycles. The number of carboxylic acids is 1. The minimum atomic E-state index is -1.20. The Kier molecular flexibility index (Phi) is 17.1. The van der Waals surface area contributed by atoms with Gasteiger partial charge in [-0.05, 0) is 62.5 Å². The average Bonchev–Trinajstić information content (AvgIpc) is 3.80. The fraction of sp³-hybridized carbons (Fsp3) is 0.605. The number of guanidine groups is 1. The second-order valence-corrected chi connectivity index (χ2v) is 15.1. The molecule has 2 unspecified atom stereocenters. The van der Waals surface area contributed by atoms with Gasteiger partial charge in [-0.2, -0.15) is 0 Å². The first-order valence-electron chi connectivity index (χ1n) is 19.3. The number of nitrogens with two attached hydrogens (primary N) is 4. The zero-order valence-corrected chi connectivity index (χ0v) is 33.0. The molecule has 1 aliphatic heterocycles. The average molecular weight is 784 g/mol. The van der Waals surface area contributed by atoms with Crippen LogP contribution >= 0.6 is 0 Å². The van der Waals surface area contributed by atoms with Gasteiger partial charge in [0.15, 0.2) is 5.96 Å². The Bertz CT molecular complexity index is 1710. The van der Waals surface area contributed by atoms with E-state index in [-0.39, 0.29) is 50.7 Å². The third-order valence-electron chi connectivity index (χ3n) is 10.1. The fourth-order valence-electron chi connectivity index (χ4n) is 6.72. The number of aromatic amines is 1. The summed E-state index contributed by atoms with van der Waals surface area (Å²) >= 11 is 0. The highest BCUT2D eigenvalue weighted by molar-refractivity contribution is 5.97. The van der Waals surface area contributed by atoms with Gasteiger partial charge >= 0.3 is 5.97 Å². The van der Waals surface area contributed by atoms with E-state index in [2.05, 4.69) is 31.2 Å². The number of benzene rings is 1. The van der Waals surface area contributed by atoms with Crippen molar-refractivity contribution in [2.45, 2.75) is 122 Å². The van der Waals surface area contributed by atoms with Crippen LogP contribution in [0.4, 0.5) is 0 Å². The second-order valence-electron chi connectivity index (χ2n) is 15.1. The Hall–Kier alpha value is -5.23. The Labute approximate surface area is 327 Å². The standard InChI is InChI=1S/C38H61N11O7/c1-6-21(4)30(35(53)46-28(37(55)56)17-20(2)3)47-33(51)27(18-23-19-44-26-13-8-7-11-24(23)26)45-34(52)29-14-10-16-49(29)36(54)31(22(5)39)48-32(50)25(40)12-9-15-43-38(41)42/h7-8,11,13,19-22,25,27-31,44H,6,9-10,12,14-18,39-40H2,1-5H3,(H,45,52)(H,46,53)(H,47,51)(H,48,50)(H,55,56)(H4,41,42,43)/t21-,22?,25-,27-,28-,29-,30-,31?/m0/s1. The Morgan fingerprint density at radius 3 is 2.23 bits per heavy atom. The predicted molar refractivity (Wildman–Crippen MR) is 213 cm³/mol. The molecule has 8 atom stereocenters. The van der Waals surface area contributed by atoms with Gasteiger partial charge < -0.3 is 59.2 Å². The molecule has 18 heteroatoms. The Morgan fingerprint density at radius 2 is 1.61 bits per heavy atom. The maximum absolute atomic E-state index is 14.2. The Balaban J connectivity index is 1.85. The topological polar surface area (TPSA) is 306 Å². The monoisotopic (exact) mass is 783 g/mol. The van der Waals surface area contributed by atoms with E-state index in [1.165, 1.54) is 4.90 Å². The van der Waals surface area contributed by atoms with Crippen molar-refractivity contribution in [2.24, 2.45) is 39.8 Å². The fourth-order valence-corrected chi connectivity index (χ4v) is 6.72. The summed E-state index contributed by atoms with van der Waals surface area (Å²) in [6.07, 6.45) is 3.88. The maximum Gasteiger partial charge on any atom is 0.326 e. The zero-order chi connectivity index (χ0) is 41.7. The number of nitrogens with zero attached hydrogens (tertiary/aromatic N) is 2. The first kappa shape index (κ1) is 45.2. The summed E-state index contributed by atoms with van der Waals surface area (Å²) in [5.41, 5.74) is 24.5. The van der Waals surface area contributed by atoms with Crippen LogP contribution in [-0.2, 0) is 35.2 Å². The smallest absolute Gasteiger partial charge is 0.326 e. The minimum Gasteiger partial charge on any atom is -0.480 e. The van der Waals surface area contributed by atoms with Crippen molar-refractivity contribution in [1.82, 2.24) is 31.2 Å². The van der Waals surface area contributed by atoms with E-state index in [1.54, 1.807) is 20.0 Å². The molecule has 18 nitrogen and oxygen atoms in total. The highest BCUT2D eigenvalue weighted by Crippen LogP contribution is 2.22. The van der Waals surface area contributed by atoms with Crippen molar-refractivity contribution >= 4 is 52.4 Å². The van der Waals surface area contributed by atoms with Crippen LogP contribution in [0.1, 0.15) is 78.7 Å². The molecule has 2 aromatic rings. The number of rotatable bonds is 21. The molecule has 56 heavy (non-hydrogen) atoms. The molecule has 1 saturated heterocycles. The number of aromatic nitrogens is 1. The molecule has 2 heterocycles. The molecule has 0 bridgehead atoms. The number of hydrogen-bond acceptors (Lipinski definition) is 9. The molecule has 1 aromatic heterocycles. The van der Waals surface area contributed by atoms with Gasteiger partial charge in [-0.25, -0.2) is 4.79 Å². The first-order chi connectivity index (χ1) is 26.4. The number of hydrogen-bond donors (Lipinski definition) is 10. The van der Waals surface area contributed by atoms with Gasteiger partial charge in [0.1, 0.15) is 30.2 Å². The number of carbonyl (C=O) groups is 6. The molecular weight excluding hydrogens is 722 g/mol. The van der Waals surface area contributed by atoms with Gasteiger partial charge in [-0.3, -0.25) is 29.0 Å². The number of carbonyl (C=O) groups excluding carboxylic acids is 5. The van der Waals surface area contributed by atoms with Crippen LogP contribution in [0.2, 0.25) is 0 Å². The molecule has 310 valence electrons. The highest BCUT2D eigenvalue weighted by atomic mass is 16.4. The lowest BCUT2D eigenvalue weighted by Crippen LogP contribution is -2.62. The number of H-pyrrole nitrogens is 1. The molecular formula is C38H61N11O7. The number of para-hydroxylation sites is 1. The molecule has 5 amide bonds. The van der Waals surface area contributed by atoms with E-state index in [0.29, 0.717) is 19.3 Å². The summed E-state index contributed by atoms with van der Waals surface area (Å²) in [5.74, 6) is -4.76. The molecule has 3 rings (SSSR count). The van der Waals surface area contributed by atoms with Crippen LogP contribution in [0.5, 0.6) is 0 Å². The summed E-state index contributed by atoms with van der Waals surface area (Å²) in [7, 11) is 0. The van der Waals surface area contributed by atoms with E-state index in [9.17, 15) is 33.9 Å². The molecule has 0 aliphatic carbocycles. The zero-order valence-electron chi connectivity index (χ0n) is 33.0. The molecule has 14 N–H and O–H groups in total. The van der Waals surface area contributed by atoms with Crippen LogP contribution in [0, 0.1) is 11.8 Å². The van der Waals surface area contributed by atoms with Gasteiger partial charge in [0.05, 0.1) is 6.04 Å². The summed E-state index contributed by atoms with van der Waals surface area (Å²) in [6, 6.07) is 0.00826. The third-order valence-corrected chi connectivity index (χ3v) is 10.1. The van der Waals surface area contributed by atoms with Gasteiger partial charge in [0.25, 0.3) is 0 Å². The first-order valence-corrected chi connectivity index (χ1v) is 19.3. The van der Waals surface area contributed by atoms with Gasteiger partial charge in [0.2, 0.25) is 29.5 Å². The summed E-state index contributed by atoms with van der Waals surface area (Å²) < 4.78 is 0. The molecule has 0 spiro atoms. The molecule has 1 fully saturated rings. The normalized spacial score (nSPS) is 17.9. The largest absolute Gasteiger partial charge is 0.480 e. The SMILES string of the molecule is CC[C@H](C)[C@H](NC(=O)[C@H](Cc1c[nH]c2ccccc12)NC(=O)[C@@H]1CCCN1C(=O)C(NC(=O)[C@@H](N)CCCN=C(N)N)C(C)N)C(=O)N[C@@H](CC(C)C)C(=O)O. The quantitative estimate of drug-likeness (QED) is 0.0439. The number of amides is 5. The Morgan fingerprint density at radius 1 is 0.929 bits per heavy atom. The van der Waals surface area contributed by atoms with E-state index >= 15 is 0 Å². The predicted octanol–water partition coefficient (Wildman–Crippen LogP) is -0.455. The van der Waals surface area contributed by atoms with Crippen molar-refractivity contribution in [3.63, 3.8) is 0 Å². The van der Waals surface area contributed by atoms with Crippen molar-refractivity contribution in [3.8, 4) is 0 Å². The van der Waals surface area contributed by atoms with Crippen LogP contribution in [-0.4, -0.2) is 112 Å². The van der Waals surface area contributed by atoms with Gasteiger partial charge in [-0.15, -0.1) is 0 Å². The number of likely N-dealkylation sites (tertiary alicyclic amines) is 1. The number of nitrogens with one attached hydrogen (secondary N) is 5. The summed E-state index contributed by atoms with van der Waals surface area (Å²) in [4.78, 5) is 89.2. The van der Waals surface area contributed by atoms with Gasteiger partial charge in [0, 0.05) is 42.7 Å². The van der Waals surface area contributed by atoms with Crippen LogP contribution in [0.25, 0.3) is 10.9 Å². The lowest BCUT2D eigenvalue weighted by Gasteiger charge is -2.32. The lowest BCUT2D eigenvalue weighted by atomic mass is 9.96. The summed E-state index contributed by atoms with van der Waals surface area (Å²) in [6.45, 7) is 9.34. The van der Waals surface area contributed by atoms with Gasteiger partial charge in [-0.1, -0.05) is 52.3 Å². The number of aliphatic imine (C=N–C) groups is 1. The molecule has 1 aliphatic rings. The molecule has 0 saturated carbocycles. The van der Waals surface area contributed by atoms with Crippen LogP contribution in [0.15, 0.2) is 35.5 Å². The number of fused-ring (bicyclic) bond motifs is 1. The highest BCUT2D eigenvalue weighted by Gasteiger charge is 2.41. The number of aliphatic carboxylic acids is 1. The van der Waals surface area contributed by atoms with E-state index < -0.39 is 83.7 Å². The summed E-state index contributed by atoms with van der Waals surface area (Å²) in [5, 5.41) is 21.5. The second kappa shape index (κ2) is 21.2. The van der Waals surface area contributed by atoms with Crippen LogP contribution < -0.4 is 44.2 Å². The third kappa shape index (κ3) is 12.7. The number of carboxylic acid groups (broad SMARTS) is 1. The van der Waals surface area contributed by atoms with E-state index in [0.717, 1.165) is 16.5 Å². The molecule has 0 radical (unpaired) electrons. The van der Waals surface area contributed by atoms with Crippen molar-refractivity contribution in [2.75, 3.05) is 13.1 Å². The maximum atomic E-state index is 14.2.